The van der Waals surface area contributed by atoms with Gasteiger partial charge in [0.2, 0.25) is 0 Å². The summed E-state index contributed by atoms with van der Waals surface area (Å²) in [6.07, 6.45) is 7.13. The van der Waals surface area contributed by atoms with Gasteiger partial charge in [-0.1, -0.05) is 0 Å². The Hall–Kier alpha value is -2.27. The Morgan fingerprint density at radius 2 is 2.06 bits per heavy atom. The lowest BCUT2D eigenvalue weighted by atomic mass is 10.2. The van der Waals surface area contributed by atoms with Gasteiger partial charge in [0, 0.05) is 36.8 Å². The molecule has 0 aliphatic rings. The second-order valence-corrected chi connectivity index (χ2v) is 3.71. The van der Waals surface area contributed by atoms with Crippen LogP contribution >= 0.6 is 0 Å². The third kappa shape index (κ3) is 1.76. The largest absolute Gasteiger partial charge is 0.325 e. The Morgan fingerprint density at radius 3 is 2.82 bits per heavy atom. The van der Waals surface area contributed by atoms with Gasteiger partial charge < -0.3 is 5.73 Å². The molecule has 0 atom stereocenters. The van der Waals surface area contributed by atoms with Gasteiger partial charge in [0.05, 0.1) is 11.4 Å². The second kappa shape index (κ2) is 3.95. The molecule has 0 saturated carbocycles. The number of imidazole rings is 1. The number of hydrogen-bond acceptors (Lipinski definition) is 4. The molecule has 5 nitrogen and oxygen atoms in total. The van der Waals surface area contributed by atoms with E-state index in [2.05, 4.69) is 15.0 Å². The fourth-order valence-corrected chi connectivity index (χ4v) is 1.72. The highest BCUT2D eigenvalue weighted by Crippen LogP contribution is 2.17. The van der Waals surface area contributed by atoms with Crippen LogP contribution in [0.2, 0.25) is 0 Å². The van der Waals surface area contributed by atoms with Crippen LogP contribution in [-0.4, -0.2) is 19.4 Å². The zero-order valence-corrected chi connectivity index (χ0v) is 9.11. The number of pyridine rings is 1. The molecule has 0 saturated heterocycles. The third-order valence-electron chi connectivity index (χ3n) is 2.58. The minimum atomic E-state index is 0.437. The van der Waals surface area contributed by atoms with Crippen LogP contribution in [0.3, 0.4) is 0 Å². The molecule has 0 aliphatic carbocycles. The van der Waals surface area contributed by atoms with Crippen LogP contribution < -0.4 is 5.73 Å². The average Bonchev–Trinajstić information content (AvgIpc) is 2.81. The summed E-state index contributed by atoms with van der Waals surface area (Å²) in [5.41, 5.74) is 9.18. The van der Waals surface area contributed by atoms with Gasteiger partial charge in [0.25, 0.3) is 0 Å². The third-order valence-corrected chi connectivity index (χ3v) is 2.58. The molecule has 0 radical (unpaired) electrons. The molecule has 0 unspecified atom stereocenters. The van der Waals surface area contributed by atoms with Crippen LogP contribution in [0.25, 0.3) is 16.9 Å². The number of fused-ring (bicyclic) bond motifs is 1. The van der Waals surface area contributed by atoms with Crippen LogP contribution in [0.4, 0.5) is 0 Å². The number of hydrogen-bond donors (Lipinski definition) is 1. The van der Waals surface area contributed by atoms with Crippen LogP contribution in [-0.2, 0) is 6.54 Å². The predicted molar refractivity (Wildman–Crippen MR) is 64.1 cm³/mol. The topological polar surface area (TPSA) is 69.1 Å². The van der Waals surface area contributed by atoms with Crippen molar-refractivity contribution in [1.82, 2.24) is 19.4 Å². The van der Waals surface area contributed by atoms with E-state index in [4.69, 9.17) is 5.73 Å². The summed E-state index contributed by atoms with van der Waals surface area (Å²) in [4.78, 5) is 12.8. The summed E-state index contributed by atoms with van der Waals surface area (Å²) in [7, 11) is 0. The standard InChI is InChI=1S/C12H11N5/c13-6-10-7-17-8-15-11(5-12(17)16-10)9-1-3-14-4-2-9/h1-5,7-8H,6,13H2. The van der Waals surface area contributed by atoms with Gasteiger partial charge in [0.15, 0.2) is 0 Å². The maximum Gasteiger partial charge on any atom is 0.140 e. The summed E-state index contributed by atoms with van der Waals surface area (Å²) in [5.74, 6) is 0. The van der Waals surface area contributed by atoms with Crippen molar-refractivity contribution >= 4 is 5.65 Å². The number of aromatic nitrogens is 4. The molecule has 3 rings (SSSR count). The van der Waals surface area contributed by atoms with Crippen molar-refractivity contribution in [3.05, 3.63) is 48.8 Å². The van der Waals surface area contributed by atoms with Gasteiger partial charge in [-0.15, -0.1) is 0 Å². The fourth-order valence-electron chi connectivity index (χ4n) is 1.72. The van der Waals surface area contributed by atoms with Crippen molar-refractivity contribution in [3.63, 3.8) is 0 Å². The van der Waals surface area contributed by atoms with Gasteiger partial charge in [0.1, 0.15) is 12.0 Å². The molecule has 5 heteroatoms. The van der Waals surface area contributed by atoms with Crippen molar-refractivity contribution in [2.75, 3.05) is 0 Å². The summed E-state index contributed by atoms with van der Waals surface area (Å²) in [6, 6.07) is 5.78. The van der Waals surface area contributed by atoms with Crippen LogP contribution in [0, 0.1) is 0 Å². The summed E-state index contributed by atoms with van der Waals surface area (Å²) in [6.45, 7) is 0.437. The maximum atomic E-state index is 5.56. The zero-order chi connectivity index (χ0) is 11.7. The molecule has 0 spiro atoms. The average molecular weight is 225 g/mol. The molecule has 0 aromatic carbocycles. The van der Waals surface area contributed by atoms with Crippen LogP contribution in [0.15, 0.2) is 43.1 Å². The first-order valence-corrected chi connectivity index (χ1v) is 5.31. The van der Waals surface area contributed by atoms with E-state index in [0.29, 0.717) is 6.54 Å². The molecule has 17 heavy (non-hydrogen) atoms. The van der Waals surface area contributed by atoms with Crippen molar-refractivity contribution in [1.29, 1.82) is 0 Å². The minimum Gasteiger partial charge on any atom is -0.325 e. The van der Waals surface area contributed by atoms with Crippen LogP contribution in [0.5, 0.6) is 0 Å². The second-order valence-electron chi connectivity index (χ2n) is 3.71. The van der Waals surface area contributed by atoms with E-state index in [1.165, 1.54) is 0 Å². The van der Waals surface area contributed by atoms with E-state index in [1.807, 2.05) is 28.8 Å². The van der Waals surface area contributed by atoms with Gasteiger partial charge in [-0.05, 0) is 12.1 Å². The number of nitrogens with two attached hydrogens (primary N) is 1. The molecule has 3 aromatic heterocycles. The molecule has 0 aliphatic heterocycles. The molecule has 3 aromatic rings. The van der Waals surface area contributed by atoms with Gasteiger partial charge >= 0.3 is 0 Å². The summed E-state index contributed by atoms with van der Waals surface area (Å²) in [5, 5.41) is 0. The molecular weight excluding hydrogens is 214 g/mol. The lowest BCUT2D eigenvalue weighted by Crippen LogP contribution is -1.95. The molecule has 3 heterocycles. The quantitative estimate of drug-likeness (QED) is 0.712. The highest BCUT2D eigenvalue weighted by atomic mass is 15.0. The number of rotatable bonds is 2. The van der Waals surface area contributed by atoms with E-state index < -0.39 is 0 Å². The van der Waals surface area contributed by atoms with Gasteiger partial charge in [-0.25, -0.2) is 9.97 Å². The Labute approximate surface area is 98.0 Å². The molecule has 84 valence electrons. The SMILES string of the molecule is NCc1cn2cnc(-c3ccncc3)cc2n1. The van der Waals surface area contributed by atoms with Crippen molar-refractivity contribution in [2.45, 2.75) is 6.54 Å². The Kier molecular flexibility index (Phi) is 2.31. The molecule has 2 N–H and O–H groups in total. The van der Waals surface area contributed by atoms with E-state index >= 15 is 0 Å². The Bertz CT molecular complexity index is 644. The van der Waals surface area contributed by atoms with E-state index in [9.17, 15) is 0 Å². The predicted octanol–water partition coefficient (Wildman–Crippen LogP) is 1.25. The molecule has 0 bridgehead atoms. The molecule has 0 amide bonds. The molecular formula is C12H11N5. The number of nitrogens with zero attached hydrogens (tertiary/aromatic N) is 4. The van der Waals surface area contributed by atoms with Crippen molar-refractivity contribution in [3.8, 4) is 11.3 Å². The lowest BCUT2D eigenvalue weighted by molar-refractivity contribution is 1.01. The monoisotopic (exact) mass is 225 g/mol. The van der Waals surface area contributed by atoms with Crippen molar-refractivity contribution in [2.24, 2.45) is 5.73 Å². The van der Waals surface area contributed by atoms with Gasteiger partial charge in [-0.2, -0.15) is 0 Å². The van der Waals surface area contributed by atoms with Gasteiger partial charge in [-0.3, -0.25) is 9.38 Å². The highest BCUT2D eigenvalue weighted by molar-refractivity contribution is 5.62. The molecule has 0 fully saturated rings. The Balaban J connectivity index is 2.13. The highest BCUT2D eigenvalue weighted by Gasteiger charge is 2.03. The van der Waals surface area contributed by atoms with E-state index in [0.717, 1.165) is 22.6 Å². The van der Waals surface area contributed by atoms with E-state index in [1.54, 1.807) is 18.7 Å². The summed E-state index contributed by atoms with van der Waals surface area (Å²) < 4.78 is 1.87. The van der Waals surface area contributed by atoms with Crippen LogP contribution in [0.1, 0.15) is 5.69 Å². The zero-order valence-electron chi connectivity index (χ0n) is 9.11. The fraction of sp³-hybridized carbons (Fsp3) is 0.0833. The lowest BCUT2D eigenvalue weighted by Gasteiger charge is -2.00. The first kappa shape index (κ1) is 9.92. The normalized spacial score (nSPS) is 10.9. The first-order chi connectivity index (χ1) is 8.36. The van der Waals surface area contributed by atoms with E-state index in [-0.39, 0.29) is 0 Å². The smallest absolute Gasteiger partial charge is 0.140 e. The Morgan fingerprint density at radius 1 is 1.24 bits per heavy atom. The van der Waals surface area contributed by atoms with Crippen molar-refractivity contribution < 1.29 is 0 Å². The maximum absolute atomic E-state index is 5.56. The minimum absolute atomic E-state index is 0.437. The summed E-state index contributed by atoms with van der Waals surface area (Å²) >= 11 is 0. The first-order valence-electron chi connectivity index (χ1n) is 5.31.